The van der Waals surface area contributed by atoms with Gasteiger partial charge in [-0.1, -0.05) is 28.9 Å². The highest BCUT2D eigenvalue weighted by molar-refractivity contribution is 9.09. The molecule has 0 aliphatic heterocycles. The van der Waals surface area contributed by atoms with E-state index in [2.05, 4.69) is 15.9 Å². The first-order valence-electron chi connectivity index (χ1n) is 3.74. The first-order valence-corrected chi connectivity index (χ1v) is 4.66. The van der Waals surface area contributed by atoms with E-state index in [4.69, 9.17) is 10.2 Å². The second-order valence-corrected chi connectivity index (χ2v) is 4.37. The highest BCUT2D eigenvalue weighted by Crippen LogP contribution is 2.25. The van der Waals surface area contributed by atoms with Crippen LogP contribution in [-0.4, -0.2) is 15.0 Å². The molecule has 1 rings (SSSR count). The lowest BCUT2D eigenvalue weighted by molar-refractivity contribution is 0.403. The summed E-state index contributed by atoms with van der Waals surface area (Å²) in [6, 6.07) is 4.87. The first kappa shape index (κ1) is 9.39. The lowest BCUT2D eigenvalue weighted by atomic mass is 10.1. The SMILES string of the molecule is CC(Br)Cc1ccc(O)c(O)c1. The van der Waals surface area contributed by atoms with Gasteiger partial charge in [0, 0.05) is 4.83 Å². The van der Waals surface area contributed by atoms with Crippen LogP contribution in [0.25, 0.3) is 0 Å². The molecule has 2 nitrogen and oxygen atoms in total. The van der Waals surface area contributed by atoms with Crippen LogP contribution in [-0.2, 0) is 6.42 Å². The van der Waals surface area contributed by atoms with Crippen molar-refractivity contribution in [3.05, 3.63) is 23.8 Å². The van der Waals surface area contributed by atoms with Crippen molar-refractivity contribution in [1.82, 2.24) is 0 Å². The van der Waals surface area contributed by atoms with Crippen molar-refractivity contribution < 1.29 is 10.2 Å². The Morgan fingerprint density at radius 1 is 1.33 bits per heavy atom. The summed E-state index contributed by atoms with van der Waals surface area (Å²) in [6.45, 7) is 2.03. The smallest absolute Gasteiger partial charge is 0.157 e. The maximum atomic E-state index is 9.15. The summed E-state index contributed by atoms with van der Waals surface area (Å²) in [5.74, 6) is -0.123. The minimum atomic E-state index is -0.0685. The molecule has 12 heavy (non-hydrogen) atoms. The Labute approximate surface area is 80.0 Å². The molecular weight excluding hydrogens is 220 g/mol. The highest BCUT2D eigenvalue weighted by Gasteiger charge is 2.02. The van der Waals surface area contributed by atoms with Gasteiger partial charge in [0.1, 0.15) is 0 Å². The van der Waals surface area contributed by atoms with E-state index in [1.807, 2.05) is 6.92 Å². The second kappa shape index (κ2) is 3.81. The van der Waals surface area contributed by atoms with Crippen LogP contribution >= 0.6 is 15.9 Å². The number of phenolic OH excluding ortho intramolecular Hbond substituents is 2. The molecule has 0 fully saturated rings. The van der Waals surface area contributed by atoms with Crippen LogP contribution in [0.4, 0.5) is 0 Å². The van der Waals surface area contributed by atoms with Gasteiger partial charge in [0.25, 0.3) is 0 Å². The second-order valence-electron chi connectivity index (χ2n) is 2.81. The van der Waals surface area contributed by atoms with Gasteiger partial charge in [-0.3, -0.25) is 0 Å². The fourth-order valence-corrected chi connectivity index (χ4v) is 1.39. The third kappa shape index (κ3) is 2.41. The highest BCUT2D eigenvalue weighted by atomic mass is 79.9. The van der Waals surface area contributed by atoms with E-state index in [0.29, 0.717) is 4.83 Å². The summed E-state index contributed by atoms with van der Waals surface area (Å²) < 4.78 is 0. The van der Waals surface area contributed by atoms with Crippen molar-refractivity contribution >= 4 is 15.9 Å². The van der Waals surface area contributed by atoms with E-state index in [9.17, 15) is 0 Å². The number of aromatic hydroxyl groups is 2. The number of hydrogen-bond acceptors (Lipinski definition) is 2. The van der Waals surface area contributed by atoms with Crippen LogP contribution in [0.3, 0.4) is 0 Å². The van der Waals surface area contributed by atoms with Gasteiger partial charge in [-0.25, -0.2) is 0 Å². The van der Waals surface area contributed by atoms with Gasteiger partial charge < -0.3 is 10.2 Å². The Balaban J connectivity index is 2.82. The minimum Gasteiger partial charge on any atom is -0.504 e. The van der Waals surface area contributed by atoms with E-state index < -0.39 is 0 Å². The Kier molecular flexibility index (Phi) is 2.98. The molecule has 0 radical (unpaired) electrons. The summed E-state index contributed by atoms with van der Waals surface area (Å²) in [7, 11) is 0. The number of halogens is 1. The molecule has 0 aliphatic carbocycles. The van der Waals surface area contributed by atoms with Crippen LogP contribution < -0.4 is 0 Å². The molecule has 1 aromatic carbocycles. The molecule has 0 saturated heterocycles. The van der Waals surface area contributed by atoms with E-state index >= 15 is 0 Å². The fraction of sp³-hybridized carbons (Fsp3) is 0.333. The number of rotatable bonds is 2. The molecule has 0 aromatic heterocycles. The van der Waals surface area contributed by atoms with Crippen molar-refractivity contribution in [2.45, 2.75) is 18.2 Å². The average Bonchev–Trinajstić information content (AvgIpc) is 1.96. The van der Waals surface area contributed by atoms with Gasteiger partial charge in [0.15, 0.2) is 11.5 Å². The number of benzene rings is 1. The zero-order valence-corrected chi connectivity index (χ0v) is 8.37. The van der Waals surface area contributed by atoms with Crippen molar-refractivity contribution in [3.63, 3.8) is 0 Å². The Morgan fingerprint density at radius 3 is 2.50 bits per heavy atom. The lowest BCUT2D eigenvalue weighted by Crippen LogP contribution is -1.95. The molecule has 66 valence electrons. The maximum absolute atomic E-state index is 9.15. The lowest BCUT2D eigenvalue weighted by Gasteiger charge is -2.04. The zero-order valence-electron chi connectivity index (χ0n) is 6.79. The molecule has 0 heterocycles. The van der Waals surface area contributed by atoms with E-state index in [1.54, 1.807) is 12.1 Å². The van der Waals surface area contributed by atoms with Gasteiger partial charge in [0.05, 0.1) is 0 Å². The first-order chi connectivity index (χ1) is 5.59. The maximum Gasteiger partial charge on any atom is 0.157 e. The van der Waals surface area contributed by atoms with Crippen molar-refractivity contribution in [2.24, 2.45) is 0 Å². The van der Waals surface area contributed by atoms with Gasteiger partial charge in [-0.15, -0.1) is 0 Å². The summed E-state index contributed by atoms with van der Waals surface area (Å²) >= 11 is 3.41. The largest absolute Gasteiger partial charge is 0.504 e. The molecular formula is C9H11BrO2. The van der Waals surface area contributed by atoms with Crippen molar-refractivity contribution in [3.8, 4) is 11.5 Å². The third-order valence-corrected chi connectivity index (χ3v) is 1.88. The van der Waals surface area contributed by atoms with Gasteiger partial charge in [-0.05, 0) is 24.1 Å². The average molecular weight is 231 g/mol. The fourth-order valence-electron chi connectivity index (χ4n) is 1.02. The molecule has 0 aliphatic rings. The molecule has 1 atom stereocenters. The van der Waals surface area contributed by atoms with Gasteiger partial charge >= 0.3 is 0 Å². The number of hydrogen-bond donors (Lipinski definition) is 2. The zero-order chi connectivity index (χ0) is 9.14. The minimum absolute atomic E-state index is 0.0550. The van der Waals surface area contributed by atoms with Gasteiger partial charge in [0.2, 0.25) is 0 Å². The quantitative estimate of drug-likeness (QED) is 0.606. The summed E-state index contributed by atoms with van der Waals surface area (Å²) in [6.07, 6.45) is 0.841. The Morgan fingerprint density at radius 2 is 2.00 bits per heavy atom. The molecule has 0 spiro atoms. The molecule has 0 amide bonds. The summed E-state index contributed by atoms with van der Waals surface area (Å²) in [5.41, 5.74) is 1.01. The summed E-state index contributed by atoms with van der Waals surface area (Å²) in [4.78, 5) is 0.376. The van der Waals surface area contributed by atoms with E-state index in [-0.39, 0.29) is 11.5 Å². The molecule has 1 unspecified atom stereocenters. The van der Waals surface area contributed by atoms with Gasteiger partial charge in [-0.2, -0.15) is 0 Å². The van der Waals surface area contributed by atoms with Crippen LogP contribution in [0.15, 0.2) is 18.2 Å². The van der Waals surface area contributed by atoms with Crippen LogP contribution in [0.5, 0.6) is 11.5 Å². The molecule has 0 saturated carbocycles. The number of alkyl halides is 1. The summed E-state index contributed by atoms with van der Waals surface area (Å²) in [5, 5.41) is 18.2. The third-order valence-electron chi connectivity index (χ3n) is 1.56. The van der Waals surface area contributed by atoms with Crippen LogP contribution in [0, 0.1) is 0 Å². The number of phenols is 2. The monoisotopic (exact) mass is 230 g/mol. The predicted octanol–water partition coefficient (Wildman–Crippen LogP) is 2.42. The van der Waals surface area contributed by atoms with Crippen molar-refractivity contribution in [2.75, 3.05) is 0 Å². The van der Waals surface area contributed by atoms with E-state index in [1.165, 1.54) is 6.07 Å². The predicted molar refractivity (Wildman–Crippen MR) is 51.9 cm³/mol. The van der Waals surface area contributed by atoms with Crippen LogP contribution in [0.2, 0.25) is 0 Å². The molecule has 1 aromatic rings. The Hall–Kier alpha value is -0.700. The van der Waals surface area contributed by atoms with Crippen molar-refractivity contribution in [1.29, 1.82) is 0 Å². The standard InChI is InChI=1S/C9H11BrO2/c1-6(10)4-7-2-3-8(11)9(12)5-7/h2-3,5-6,11-12H,4H2,1H3. The molecule has 2 N–H and O–H groups in total. The van der Waals surface area contributed by atoms with Crippen LogP contribution in [0.1, 0.15) is 12.5 Å². The normalized spacial score (nSPS) is 12.8. The Bertz CT molecular complexity index is 271. The molecule has 0 bridgehead atoms. The molecule has 3 heteroatoms. The topological polar surface area (TPSA) is 40.5 Å². The van der Waals surface area contributed by atoms with E-state index in [0.717, 1.165) is 12.0 Å².